The van der Waals surface area contributed by atoms with Gasteiger partial charge < -0.3 is 14.8 Å². The summed E-state index contributed by atoms with van der Waals surface area (Å²) in [6.45, 7) is 7.91. The molecule has 2 saturated heterocycles. The van der Waals surface area contributed by atoms with E-state index in [9.17, 15) is 4.79 Å². The van der Waals surface area contributed by atoms with E-state index in [-0.39, 0.29) is 11.3 Å². The monoisotopic (exact) mass is 302 g/mol. The van der Waals surface area contributed by atoms with Crippen LogP contribution in [0.3, 0.4) is 0 Å². The maximum atomic E-state index is 13.1. The normalized spacial score (nSPS) is 31.9. The van der Waals surface area contributed by atoms with Crippen LogP contribution in [0.15, 0.2) is 12.5 Å². The molecule has 2 aliphatic heterocycles. The number of nitrogens with zero attached hydrogens (tertiary/aromatic N) is 3. The van der Waals surface area contributed by atoms with E-state index in [0.29, 0.717) is 11.9 Å². The highest BCUT2D eigenvalue weighted by Crippen LogP contribution is 2.47. The number of imidazole rings is 1. The van der Waals surface area contributed by atoms with Crippen molar-refractivity contribution in [3.63, 3.8) is 0 Å². The van der Waals surface area contributed by atoms with Gasteiger partial charge in [-0.15, -0.1) is 0 Å². The van der Waals surface area contributed by atoms with E-state index in [1.54, 1.807) is 0 Å². The number of carbonyl (C=O) groups excluding carboxylic acids is 1. The van der Waals surface area contributed by atoms with Crippen LogP contribution in [0, 0.1) is 11.3 Å². The van der Waals surface area contributed by atoms with Gasteiger partial charge in [0, 0.05) is 44.3 Å². The molecule has 5 heteroatoms. The average Bonchev–Trinajstić information content (AvgIpc) is 2.92. The Hall–Kier alpha value is -1.36. The molecule has 3 fully saturated rings. The van der Waals surface area contributed by atoms with Gasteiger partial charge >= 0.3 is 0 Å². The summed E-state index contributed by atoms with van der Waals surface area (Å²) in [5, 5.41) is 3.47. The fourth-order valence-corrected chi connectivity index (χ4v) is 4.09. The smallest absolute Gasteiger partial charge is 0.230 e. The number of amides is 1. The van der Waals surface area contributed by atoms with E-state index in [2.05, 4.69) is 39.8 Å². The molecule has 2 atom stereocenters. The van der Waals surface area contributed by atoms with Crippen molar-refractivity contribution in [3.8, 4) is 0 Å². The third kappa shape index (κ3) is 2.18. The fraction of sp³-hybridized carbons (Fsp3) is 0.765. The molecule has 0 unspecified atom stereocenters. The Kier molecular flexibility index (Phi) is 3.29. The molecule has 1 saturated carbocycles. The zero-order chi connectivity index (χ0) is 15.3. The lowest BCUT2D eigenvalue weighted by Gasteiger charge is -2.28. The molecule has 1 aliphatic carbocycles. The first-order chi connectivity index (χ1) is 10.6. The fourth-order valence-electron chi connectivity index (χ4n) is 4.09. The molecular weight excluding hydrogens is 276 g/mol. The van der Waals surface area contributed by atoms with Gasteiger partial charge in [-0.3, -0.25) is 4.79 Å². The van der Waals surface area contributed by atoms with Crippen molar-refractivity contribution in [2.45, 2.75) is 45.1 Å². The quantitative estimate of drug-likeness (QED) is 0.922. The van der Waals surface area contributed by atoms with E-state index >= 15 is 0 Å². The van der Waals surface area contributed by atoms with Crippen molar-refractivity contribution in [1.29, 1.82) is 0 Å². The molecule has 1 amide bonds. The van der Waals surface area contributed by atoms with Crippen molar-refractivity contribution >= 4 is 5.91 Å². The van der Waals surface area contributed by atoms with Gasteiger partial charge in [0.2, 0.25) is 5.91 Å². The number of hydrogen-bond donors (Lipinski definition) is 1. The highest BCUT2D eigenvalue weighted by atomic mass is 16.2. The highest BCUT2D eigenvalue weighted by molar-refractivity contribution is 5.86. The molecule has 4 rings (SSSR count). The van der Waals surface area contributed by atoms with Crippen molar-refractivity contribution in [2.75, 3.05) is 26.2 Å². The van der Waals surface area contributed by atoms with Gasteiger partial charge in [-0.05, 0) is 39.0 Å². The molecule has 1 spiro atoms. The molecular formula is C17H26N4O. The summed E-state index contributed by atoms with van der Waals surface area (Å²) in [5.74, 6) is 1.37. The Morgan fingerprint density at radius 1 is 1.45 bits per heavy atom. The largest absolute Gasteiger partial charge is 0.342 e. The predicted octanol–water partition coefficient (Wildman–Crippen LogP) is 1.78. The van der Waals surface area contributed by atoms with Gasteiger partial charge in [0.1, 0.15) is 0 Å². The number of rotatable bonds is 4. The molecule has 1 aromatic heterocycles. The first-order valence-corrected chi connectivity index (χ1v) is 8.63. The Balaban J connectivity index is 1.58. The predicted molar refractivity (Wildman–Crippen MR) is 84.6 cm³/mol. The molecule has 1 aromatic rings. The van der Waals surface area contributed by atoms with E-state index in [1.165, 1.54) is 12.8 Å². The third-order valence-electron chi connectivity index (χ3n) is 5.75. The lowest BCUT2D eigenvalue weighted by atomic mass is 9.75. The molecule has 0 aromatic carbocycles. The number of likely N-dealkylation sites (tertiary alicyclic amines) is 1. The van der Waals surface area contributed by atoms with Crippen LogP contribution >= 0.6 is 0 Å². The second-order valence-corrected chi connectivity index (χ2v) is 7.62. The van der Waals surface area contributed by atoms with Crippen molar-refractivity contribution in [2.24, 2.45) is 11.3 Å². The van der Waals surface area contributed by atoms with Crippen LogP contribution in [0.1, 0.15) is 50.8 Å². The highest BCUT2D eigenvalue weighted by Gasteiger charge is 2.55. The van der Waals surface area contributed by atoms with E-state index in [0.717, 1.165) is 44.2 Å². The summed E-state index contributed by atoms with van der Waals surface area (Å²) in [4.78, 5) is 19.8. The number of carbonyl (C=O) groups is 1. The van der Waals surface area contributed by atoms with Crippen LogP contribution in [0.4, 0.5) is 0 Å². The summed E-state index contributed by atoms with van der Waals surface area (Å²) >= 11 is 0. The summed E-state index contributed by atoms with van der Waals surface area (Å²) in [6.07, 6.45) is 7.63. The van der Waals surface area contributed by atoms with Crippen LogP contribution < -0.4 is 5.32 Å². The number of hydrogen-bond acceptors (Lipinski definition) is 3. The molecule has 120 valence electrons. The standard InChI is InChI=1S/C17H26N4O/c1-12(2)21-9-15(19-11-21)14-7-18-10-17(14)5-6-20(16(17)22)8-13-3-4-13/h9,11-14,18H,3-8,10H2,1-2H3/t14-,17+/m0/s1. The Morgan fingerprint density at radius 2 is 2.27 bits per heavy atom. The maximum absolute atomic E-state index is 13.1. The zero-order valence-corrected chi connectivity index (χ0v) is 13.6. The molecule has 3 heterocycles. The van der Waals surface area contributed by atoms with Crippen LogP contribution in [0.25, 0.3) is 0 Å². The second kappa shape index (κ2) is 5.08. The van der Waals surface area contributed by atoms with Gasteiger partial charge in [-0.25, -0.2) is 4.98 Å². The second-order valence-electron chi connectivity index (χ2n) is 7.62. The van der Waals surface area contributed by atoms with Crippen LogP contribution in [-0.4, -0.2) is 46.5 Å². The van der Waals surface area contributed by atoms with Gasteiger partial charge in [0.05, 0.1) is 17.4 Å². The average molecular weight is 302 g/mol. The lowest BCUT2D eigenvalue weighted by Crippen LogP contribution is -2.40. The Bertz CT molecular complexity index is 577. The Labute approximate surface area is 132 Å². The van der Waals surface area contributed by atoms with Crippen LogP contribution in [-0.2, 0) is 4.79 Å². The van der Waals surface area contributed by atoms with Gasteiger partial charge in [0.15, 0.2) is 0 Å². The number of aromatic nitrogens is 2. The van der Waals surface area contributed by atoms with Crippen molar-refractivity contribution < 1.29 is 4.79 Å². The molecule has 0 radical (unpaired) electrons. The van der Waals surface area contributed by atoms with Gasteiger partial charge in [-0.1, -0.05) is 0 Å². The minimum atomic E-state index is -0.245. The summed E-state index contributed by atoms with van der Waals surface area (Å²) in [5.41, 5.74) is 0.839. The lowest BCUT2D eigenvalue weighted by molar-refractivity contribution is -0.136. The number of nitrogens with one attached hydrogen (secondary N) is 1. The van der Waals surface area contributed by atoms with Crippen LogP contribution in [0.5, 0.6) is 0 Å². The molecule has 3 aliphatic rings. The summed E-state index contributed by atoms with van der Waals surface area (Å²) < 4.78 is 2.14. The van der Waals surface area contributed by atoms with E-state index in [4.69, 9.17) is 0 Å². The summed E-state index contributed by atoms with van der Waals surface area (Å²) in [6, 6.07) is 0.414. The van der Waals surface area contributed by atoms with Gasteiger partial charge in [0.25, 0.3) is 0 Å². The SMILES string of the molecule is CC(C)n1cnc([C@@H]2CNC[C@]23CCN(CC2CC2)C3=O)c1. The minimum absolute atomic E-state index is 0.226. The first kappa shape index (κ1) is 14.2. The molecule has 1 N–H and O–H groups in total. The molecule has 22 heavy (non-hydrogen) atoms. The molecule has 5 nitrogen and oxygen atoms in total. The van der Waals surface area contributed by atoms with E-state index in [1.807, 2.05) is 6.33 Å². The Morgan fingerprint density at radius 3 is 2.95 bits per heavy atom. The van der Waals surface area contributed by atoms with Crippen molar-refractivity contribution in [1.82, 2.24) is 19.8 Å². The molecule has 0 bridgehead atoms. The van der Waals surface area contributed by atoms with Crippen LogP contribution in [0.2, 0.25) is 0 Å². The minimum Gasteiger partial charge on any atom is -0.342 e. The topological polar surface area (TPSA) is 50.2 Å². The van der Waals surface area contributed by atoms with Gasteiger partial charge in [-0.2, -0.15) is 0 Å². The maximum Gasteiger partial charge on any atom is 0.230 e. The van der Waals surface area contributed by atoms with Crippen molar-refractivity contribution in [3.05, 3.63) is 18.2 Å². The third-order valence-corrected chi connectivity index (χ3v) is 5.75. The van der Waals surface area contributed by atoms with E-state index < -0.39 is 0 Å². The first-order valence-electron chi connectivity index (χ1n) is 8.63. The summed E-state index contributed by atoms with van der Waals surface area (Å²) in [7, 11) is 0. The zero-order valence-electron chi connectivity index (χ0n) is 13.6.